The molecule has 0 aromatic heterocycles. The number of nitrogens with one attached hydrogen (secondary N) is 1. The number of anilines is 2. The molecule has 0 unspecified atom stereocenters. The van der Waals surface area contributed by atoms with Crippen molar-refractivity contribution in [1.82, 2.24) is 0 Å². The molecule has 0 saturated carbocycles. The summed E-state index contributed by atoms with van der Waals surface area (Å²) in [7, 11) is 0. The number of hydrogen-bond acceptors (Lipinski definition) is 4. The van der Waals surface area contributed by atoms with Crippen LogP contribution < -0.4 is 10.1 Å². The Morgan fingerprint density at radius 3 is 2.50 bits per heavy atom. The number of benzene rings is 3. The molecule has 0 radical (unpaired) electrons. The zero-order valence-corrected chi connectivity index (χ0v) is 15.5. The quantitative estimate of drug-likeness (QED) is 0.510. The number of aryl methyl sites for hydroxylation is 2. The summed E-state index contributed by atoms with van der Waals surface area (Å²) in [5.74, 6) is -0.160. The van der Waals surface area contributed by atoms with Gasteiger partial charge in [-0.1, -0.05) is 24.3 Å². The number of aromatic carboxylic acids is 1. The minimum atomic E-state index is -1.11. The summed E-state index contributed by atoms with van der Waals surface area (Å²) in [4.78, 5) is 11.6. The molecule has 3 aromatic rings. The van der Waals surface area contributed by atoms with Crippen molar-refractivity contribution in [2.45, 2.75) is 20.3 Å². The minimum Gasteiger partial charge on any atom is -0.478 e. The summed E-state index contributed by atoms with van der Waals surface area (Å²) in [6.45, 7) is 4.19. The molecule has 0 aliphatic carbocycles. The number of nitrogens with zero attached hydrogens (tertiary/aromatic N) is 1. The Morgan fingerprint density at radius 2 is 1.79 bits per heavy atom. The van der Waals surface area contributed by atoms with Crippen LogP contribution in [0.4, 0.5) is 11.4 Å². The van der Waals surface area contributed by atoms with Crippen LogP contribution >= 0.6 is 0 Å². The Bertz CT molecular complexity index is 1160. The molecule has 1 heterocycles. The van der Waals surface area contributed by atoms with Crippen LogP contribution in [0.5, 0.6) is 11.5 Å². The van der Waals surface area contributed by atoms with Crippen LogP contribution in [0.25, 0.3) is 0 Å². The monoisotopic (exact) mass is 370 g/mol. The fourth-order valence-corrected chi connectivity index (χ4v) is 3.32. The molecule has 0 spiro atoms. The molecular weight excluding hydrogens is 352 g/mol. The van der Waals surface area contributed by atoms with Gasteiger partial charge < -0.3 is 15.2 Å². The molecule has 0 bridgehead atoms. The summed E-state index contributed by atoms with van der Waals surface area (Å²) >= 11 is 0. The fraction of sp³-hybridized carbons (Fsp3) is 0.130. The lowest BCUT2D eigenvalue weighted by atomic mass is 9.99. The third kappa shape index (κ3) is 3.17. The molecule has 1 aliphatic rings. The lowest BCUT2D eigenvalue weighted by Crippen LogP contribution is -2.10. The maximum absolute atomic E-state index is 11.6. The van der Waals surface area contributed by atoms with Crippen LogP contribution in [0.2, 0.25) is 0 Å². The summed E-state index contributed by atoms with van der Waals surface area (Å²) in [6, 6.07) is 17.1. The smallest absolute Gasteiger partial charge is 0.338 e. The van der Waals surface area contributed by atoms with Gasteiger partial charge in [-0.3, -0.25) is 0 Å². The molecule has 3 aromatic carbocycles. The predicted octanol–water partition coefficient (Wildman–Crippen LogP) is 5.31. The third-order valence-electron chi connectivity index (χ3n) is 4.97. The molecular formula is C23H18N2O3. The van der Waals surface area contributed by atoms with Crippen molar-refractivity contribution in [1.29, 1.82) is 5.26 Å². The maximum Gasteiger partial charge on any atom is 0.338 e. The fourth-order valence-electron chi connectivity index (χ4n) is 3.32. The van der Waals surface area contributed by atoms with Gasteiger partial charge in [-0.05, 0) is 60.7 Å². The SMILES string of the molecule is Cc1ccc(Cc2ccc3c(c2)Oc2cc(C#N)cc(C(=O)O)c2N3)cc1C. The number of carboxylic acids is 1. The Morgan fingerprint density at radius 1 is 1.04 bits per heavy atom. The Kier molecular flexibility index (Phi) is 4.25. The summed E-state index contributed by atoms with van der Waals surface area (Å²) < 4.78 is 5.96. The van der Waals surface area contributed by atoms with E-state index in [2.05, 4.69) is 37.4 Å². The Labute approximate surface area is 162 Å². The first kappa shape index (κ1) is 17.6. The molecule has 1 aliphatic heterocycles. The van der Waals surface area contributed by atoms with E-state index in [0.29, 0.717) is 22.9 Å². The topological polar surface area (TPSA) is 82.3 Å². The van der Waals surface area contributed by atoms with Gasteiger partial charge in [0.15, 0.2) is 11.5 Å². The van der Waals surface area contributed by atoms with E-state index in [1.165, 1.54) is 22.8 Å². The minimum absolute atomic E-state index is 0.0129. The first-order valence-corrected chi connectivity index (χ1v) is 8.90. The number of fused-ring (bicyclic) bond motifs is 2. The number of carboxylic acid groups (broad SMARTS) is 1. The van der Waals surface area contributed by atoms with Crippen LogP contribution in [-0.4, -0.2) is 11.1 Å². The number of ether oxygens (including phenoxy) is 1. The normalized spacial score (nSPS) is 11.5. The molecule has 5 heteroatoms. The standard InChI is InChI=1S/C23H18N2O3/c1-13-3-4-15(7-14(13)2)8-16-5-6-19-20(10-16)28-21-11-17(12-24)9-18(23(26)27)22(21)25-19/h3-7,9-11,25H,8H2,1-2H3,(H,26,27). The van der Waals surface area contributed by atoms with E-state index in [9.17, 15) is 15.2 Å². The predicted molar refractivity (Wildman–Crippen MR) is 107 cm³/mol. The summed E-state index contributed by atoms with van der Waals surface area (Å²) in [6.07, 6.45) is 0.767. The van der Waals surface area contributed by atoms with Gasteiger partial charge in [0.05, 0.1) is 28.6 Å². The first-order chi connectivity index (χ1) is 13.4. The van der Waals surface area contributed by atoms with Gasteiger partial charge in [0.2, 0.25) is 0 Å². The van der Waals surface area contributed by atoms with Crippen LogP contribution in [0.3, 0.4) is 0 Å². The Balaban J connectivity index is 1.68. The second kappa shape index (κ2) is 6.75. The van der Waals surface area contributed by atoms with Gasteiger partial charge in [0, 0.05) is 6.07 Å². The second-order valence-corrected chi connectivity index (χ2v) is 6.97. The first-order valence-electron chi connectivity index (χ1n) is 8.90. The highest BCUT2D eigenvalue weighted by Gasteiger charge is 2.24. The lowest BCUT2D eigenvalue weighted by molar-refractivity contribution is 0.0697. The van der Waals surface area contributed by atoms with Gasteiger partial charge in [0.25, 0.3) is 0 Å². The van der Waals surface area contributed by atoms with Crippen molar-refractivity contribution < 1.29 is 14.6 Å². The zero-order chi connectivity index (χ0) is 19.8. The highest BCUT2D eigenvalue weighted by Crippen LogP contribution is 2.44. The van der Waals surface area contributed by atoms with Crippen molar-refractivity contribution >= 4 is 17.3 Å². The van der Waals surface area contributed by atoms with Gasteiger partial charge in [0.1, 0.15) is 0 Å². The summed E-state index contributed by atoms with van der Waals surface area (Å²) in [5, 5.41) is 21.8. The lowest BCUT2D eigenvalue weighted by Gasteiger charge is -2.24. The van der Waals surface area contributed by atoms with Crippen molar-refractivity contribution in [2.24, 2.45) is 0 Å². The molecule has 0 fully saturated rings. The zero-order valence-electron chi connectivity index (χ0n) is 15.5. The van der Waals surface area contributed by atoms with E-state index in [1.54, 1.807) is 6.07 Å². The van der Waals surface area contributed by atoms with Gasteiger partial charge >= 0.3 is 5.97 Å². The molecule has 138 valence electrons. The van der Waals surface area contributed by atoms with E-state index in [0.717, 1.165) is 12.0 Å². The van der Waals surface area contributed by atoms with Crippen molar-refractivity contribution in [3.63, 3.8) is 0 Å². The molecule has 2 N–H and O–H groups in total. The third-order valence-corrected chi connectivity index (χ3v) is 4.97. The maximum atomic E-state index is 11.6. The van der Waals surface area contributed by atoms with E-state index in [-0.39, 0.29) is 11.1 Å². The molecule has 28 heavy (non-hydrogen) atoms. The number of carbonyl (C=O) groups is 1. The second-order valence-electron chi connectivity index (χ2n) is 6.97. The number of rotatable bonds is 3. The highest BCUT2D eigenvalue weighted by molar-refractivity contribution is 5.99. The van der Waals surface area contributed by atoms with Crippen molar-refractivity contribution in [2.75, 3.05) is 5.32 Å². The van der Waals surface area contributed by atoms with E-state index in [4.69, 9.17) is 4.74 Å². The summed E-state index contributed by atoms with van der Waals surface area (Å²) in [5.41, 5.74) is 6.14. The molecule has 0 atom stereocenters. The average molecular weight is 370 g/mol. The molecule has 0 saturated heterocycles. The largest absolute Gasteiger partial charge is 0.478 e. The van der Waals surface area contributed by atoms with Crippen LogP contribution in [-0.2, 0) is 6.42 Å². The van der Waals surface area contributed by atoms with Crippen molar-refractivity contribution in [3.8, 4) is 17.6 Å². The van der Waals surface area contributed by atoms with Gasteiger partial charge in [-0.15, -0.1) is 0 Å². The van der Waals surface area contributed by atoms with Gasteiger partial charge in [-0.2, -0.15) is 5.26 Å². The number of hydrogen-bond donors (Lipinski definition) is 2. The Hall–Kier alpha value is -3.78. The molecule has 4 rings (SSSR count). The van der Waals surface area contributed by atoms with Crippen LogP contribution in [0.1, 0.15) is 38.2 Å². The average Bonchev–Trinajstić information content (AvgIpc) is 2.68. The van der Waals surface area contributed by atoms with Crippen LogP contribution in [0.15, 0.2) is 48.5 Å². The van der Waals surface area contributed by atoms with E-state index < -0.39 is 5.97 Å². The number of nitriles is 1. The van der Waals surface area contributed by atoms with E-state index >= 15 is 0 Å². The molecule has 0 amide bonds. The highest BCUT2D eigenvalue weighted by atomic mass is 16.5. The van der Waals surface area contributed by atoms with Gasteiger partial charge in [-0.25, -0.2) is 4.79 Å². The molecule has 5 nitrogen and oxygen atoms in total. The van der Waals surface area contributed by atoms with E-state index in [1.807, 2.05) is 24.3 Å². The van der Waals surface area contributed by atoms with Crippen molar-refractivity contribution in [3.05, 3.63) is 81.9 Å². The van der Waals surface area contributed by atoms with Crippen LogP contribution in [0, 0.1) is 25.2 Å².